The zero-order valence-corrected chi connectivity index (χ0v) is 12.2. The molecule has 3 heterocycles. The predicted molar refractivity (Wildman–Crippen MR) is 75.4 cm³/mol. The highest BCUT2D eigenvalue weighted by atomic mass is 16.5. The van der Waals surface area contributed by atoms with Gasteiger partial charge in [0.2, 0.25) is 0 Å². The van der Waals surface area contributed by atoms with Crippen molar-refractivity contribution in [3.8, 4) is 0 Å². The van der Waals surface area contributed by atoms with Crippen molar-refractivity contribution in [3.05, 3.63) is 23.0 Å². The van der Waals surface area contributed by atoms with Gasteiger partial charge >= 0.3 is 5.97 Å². The van der Waals surface area contributed by atoms with Crippen molar-refractivity contribution in [2.45, 2.75) is 45.4 Å². The van der Waals surface area contributed by atoms with E-state index in [0.717, 1.165) is 25.8 Å². The second-order valence-corrected chi connectivity index (χ2v) is 5.74. The Hall–Kier alpha value is -1.82. The predicted octanol–water partition coefficient (Wildman–Crippen LogP) is 1.73. The molecule has 1 amide bonds. The summed E-state index contributed by atoms with van der Waals surface area (Å²) in [5.41, 5.74) is 1.27. The van der Waals surface area contributed by atoms with Gasteiger partial charge in [0.05, 0.1) is 24.5 Å². The zero-order chi connectivity index (χ0) is 15.0. The molecule has 21 heavy (non-hydrogen) atoms. The number of carboxylic acid groups (broad SMARTS) is 1. The van der Waals surface area contributed by atoms with Crippen LogP contribution in [0.25, 0.3) is 0 Å². The second-order valence-electron chi connectivity index (χ2n) is 5.74. The van der Waals surface area contributed by atoms with Crippen molar-refractivity contribution in [3.63, 3.8) is 0 Å². The Kier molecular flexibility index (Phi) is 3.71. The molecule has 0 radical (unpaired) electrons. The van der Waals surface area contributed by atoms with Crippen molar-refractivity contribution in [1.29, 1.82) is 0 Å². The Bertz CT molecular complexity index is 578. The van der Waals surface area contributed by atoms with Crippen LogP contribution in [-0.2, 0) is 17.9 Å². The number of aromatic carboxylic acids is 1. The number of hydrogen-bond donors (Lipinski definition) is 1. The van der Waals surface area contributed by atoms with Crippen LogP contribution in [0.5, 0.6) is 0 Å². The zero-order valence-electron chi connectivity index (χ0n) is 12.2. The summed E-state index contributed by atoms with van der Waals surface area (Å²) in [6, 6.07) is 1.72. The molecule has 1 saturated heterocycles. The van der Waals surface area contributed by atoms with E-state index in [2.05, 4.69) is 6.92 Å². The molecule has 0 aliphatic carbocycles. The first-order valence-electron chi connectivity index (χ1n) is 7.44. The second kappa shape index (κ2) is 5.52. The van der Waals surface area contributed by atoms with E-state index >= 15 is 0 Å². The maximum Gasteiger partial charge on any atom is 0.337 e. The minimum absolute atomic E-state index is 0.0575. The highest BCUT2D eigenvalue weighted by Crippen LogP contribution is 2.25. The molecule has 1 atom stereocenters. The average Bonchev–Trinajstić information content (AvgIpc) is 2.87. The summed E-state index contributed by atoms with van der Waals surface area (Å²) < 4.78 is 7.15. The molecule has 2 aliphatic heterocycles. The first-order chi connectivity index (χ1) is 10.1. The lowest BCUT2D eigenvalue weighted by molar-refractivity contribution is 0.0585. The van der Waals surface area contributed by atoms with E-state index < -0.39 is 5.97 Å². The quantitative estimate of drug-likeness (QED) is 0.901. The summed E-state index contributed by atoms with van der Waals surface area (Å²) in [7, 11) is 0. The van der Waals surface area contributed by atoms with E-state index in [9.17, 15) is 14.7 Å². The van der Waals surface area contributed by atoms with Crippen LogP contribution in [0, 0.1) is 0 Å². The smallest absolute Gasteiger partial charge is 0.337 e. The van der Waals surface area contributed by atoms with Gasteiger partial charge in [0, 0.05) is 19.1 Å². The SMILES string of the molecule is CC1CCCCN1C(=O)c1cc(C(=O)O)c2n1CCOC2. The van der Waals surface area contributed by atoms with E-state index in [0.29, 0.717) is 24.5 Å². The summed E-state index contributed by atoms with van der Waals surface area (Å²) in [5, 5.41) is 9.30. The lowest BCUT2D eigenvalue weighted by Gasteiger charge is -2.34. The van der Waals surface area contributed by atoms with Gasteiger partial charge in [-0.15, -0.1) is 0 Å². The molecule has 1 aromatic heterocycles. The van der Waals surface area contributed by atoms with Crippen LogP contribution in [0.1, 0.15) is 52.7 Å². The molecule has 0 aromatic carbocycles. The molecule has 0 spiro atoms. The molecule has 2 aliphatic rings. The fourth-order valence-electron chi connectivity index (χ4n) is 3.23. The van der Waals surface area contributed by atoms with Gasteiger partial charge in [-0.2, -0.15) is 0 Å². The number of fused-ring (bicyclic) bond motifs is 1. The van der Waals surface area contributed by atoms with Crippen molar-refractivity contribution in [2.75, 3.05) is 13.2 Å². The molecule has 6 nitrogen and oxygen atoms in total. The third-order valence-electron chi connectivity index (χ3n) is 4.42. The standard InChI is InChI=1S/C15H20N2O4/c1-10-4-2-3-5-16(10)14(18)12-8-11(15(19)20)13-9-21-7-6-17(12)13/h8,10H,2-7,9H2,1H3,(H,19,20). The van der Waals surface area contributed by atoms with Crippen molar-refractivity contribution >= 4 is 11.9 Å². The summed E-state index contributed by atoms with van der Waals surface area (Å²) in [4.78, 5) is 26.0. The number of carbonyl (C=O) groups is 2. The van der Waals surface area contributed by atoms with Gasteiger partial charge in [-0.25, -0.2) is 4.79 Å². The Morgan fingerprint density at radius 3 is 2.86 bits per heavy atom. The number of carboxylic acids is 1. The normalized spacial score (nSPS) is 22.0. The molecule has 3 rings (SSSR count). The molecule has 0 bridgehead atoms. The van der Waals surface area contributed by atoms with Crippen LogP contribution in [0.3, 0.4) is 0 Å². The fourth-order valence-corrected chi connectivity index (χ4v) is 3.23. The van der Waals surface area contributed by atoms with E-state index in [4.69, 9.17) is 4.74 Å². The van der Waals surface area contributed by atoms with Crippen LogP contribution in [0.4, 0.5) is 0 Å². The van der Waals surface area contributed by atoms with E-state index in [1.165, 1.54) is 6.07 Å². The summed E-state index contributed by atoms with van der Waals surface area (Å²) in [6.45, 7) is 4.10. The lowest BCUT2D eigenvalue weighted by atomic mass is 10.0. The monoisotopic (exact) mass is 292 g/mol. The molecule has 6 heteroatoms. The summed E-state index contributed by atoms with van der Waals surface area (Å²) in [6.07, 6.45) is 3.16. The number of piperidine rings is 1. The molecule has 1 aromatic rings. The van der Waals surface area contributed by atoms with E-state index in [-0.39, 0.29) is 24.1 Å². The number of aromatic nitrogens is 1. The number of ether oxygens (including phenoxy) is 1. The van der Waals surface area contributed by atoms with Gasteiger partial charge in [0.25, 0.3) is 5.91 Å². The van der Waals surface area contributed by atoms with E-state index in [1.54, 1.807) is 0 Å². The minimum atomic E-state index is -1.00. The number of likely N-dealkylation sites (tertiary alicyclic amines) is 1. The van der Waals surface area contributed by atoms with Crippen LogP contribution in [0.15, 0.2) is 6.07 Å². The van der Waals surface area contributed by atoms with Gasteiger partial charge < -0.3 is 19.3 Å². The highest BCUT2D eigenvalue weighted by molar-refractivity contribution is 5.98. The van der Waals surface area contributed by atoms with Crippen LogP contribution >= 0.6 is 0 Å². The Balaban J connectivity index is 1.98. The number of carbonyl (C=O) groups excluding carboxylic acids is 1. The first-order valence-corrected chi connectivity index (χ1v) is 7.44. The van der Waals surface area contributed by atoms with Gasteiger partial charge in [0.1, 0.15) is 5.69 Å². The Morgan fingerprint density at radius 2 is 2.14 bits per heavy atom. The molecule has 114 valence electrons. The maximum absolute atomic E-state index is 12.8. The van der Waals surface area contributed by atoms with Gasteiger partial charge in [-0.05, 0) is 32.3 Å². The van der Waals surface area contributed by atoms with Gasteiger partial charge in [-0.1, -0.05) is 0 Å². The topological polar surface area (TPSA) is 71.8 Å². The largest absolute Gasteiger partial charge is 0.478 e. The molecular weight excluding hydrogens is 272 g/mol. The van der Waals surface area contributed by atoms with Gasteiger partial charge in [-0.3, -0.25) is 4.79 Å². The Labute approximate surface area is 123 Å². The first kappa shape index (κ1) is 14.1. The maximum atomic E-state index is 12.8. The number of amides is 1. The third kappa shape index (κ3) is 2.44. The fraction of sp³-hybridized carbons (Fsp3) is 0.600. The third-order valence-corrected chi connectivity index (χ3v) is 4.42. The molecule has 1 N–H and O–H groups in total. The van der Waals surface area contributed by atoms with Crippen molar-refractivity contribution < 1.29 is 19.4 Å². The molecule has 1 fully saturated rings. The number of rotatable bonds is 2. The lowest BCUT2D eigenvalue weighted by Crippen LogP contribution is -2.43. The average molecular weight is 292 g/mol. The highest BCUT2D eigenvalue weighted by Gasteiger charge is 2.30. The van der Waals surface area contributed by atoms with Crippen LogP contribution in [0.2, 0.25) is 0 Å². The number of nitrogens with zero attached hydrogens (tertiary/aromatic N) is 2. The summed E-state index contributed by atoms with van der Waals surface area (Å²) in [5.74, 6) is -1.06. The van der Waals surface area contributed by atoms with Gasteiger partial charge in [0.15, 0.2) is 0 Å². The molecule has 1 unspecified atom stereocenters. The molecular formula is C15H20N2O4. The van der Waals surface area contributed by atoms with Crippen LogP contribution in [-0.4, -0.2) is 45.6 Å². The molecule has 0 saturated carbocycles. The van der Waals surface area contributed by atoms with Crippen molar-refractivity contribution in [1.82, 2.24) is 9.47 Å². The minimum Gasteiger partial charge on any atom is -0.478 e. The van der Waals surface area contributed by atoms with Crippen LogP contribution < -0.4 is 0 Å². The Morgan fingerprint density at radius 1 is 1.33 bits per heavy atom. The number of hydrogen-bond acceptors (Lipinski definition) is 3. The van der Waals surface area contributed by atoms with E-state index in [1.807, 2.05) is 9.47 Å². The van der Waals surface area contributed by atoms with Crippen molar-refractivity contribution in [2.24, 2.45) is 0 Å². The summed E-state index contributed by atoms with van der Waals surface area (Å²) >= 11 is 0.